The van der Waals surface area contributed by atoms with Crippen molar-refractivity contribution in [2.24, 2.45) is 5.92 Å². The van der Waals surface area contributed by atoms with E-state index in [0.29, 0.717) is 13.1 Å². The molecule has 0 radical (unpaired) electrons. The van der Waals surface area contributed by atoms with Crippen LogP contribution in [-0.2, 0) is 9.53 Å². The fourth-order valence-electron chi connectivity index (χ4n) is 1.41. The highest BCUT2D eigenvalue weighted by Crippen LogP contribution is 2.10. The van der Waals surface area contributed by atoms with Gasteiger partial charge in [0.2, 0.25) is 0 Å². The summed E-state index contributed by atoms with van der Waals surface area (Å²) in [5.74, 6) is -0.744. The number of hydrogen-bond acceptors (Lipinski definition) is 4. The smallest absolute Gasteiger partial charge is 0.410 e. The van der Waals surface area contributed by atoms with Gasteiger partial charge in [0.05, 0.1) is 0 Å². The van der Waals surface area contributed by atoms with Gasteiger partial charge in [0.15, 0.2) is 0 Å². The molecular formula is C13H26N2O4. The van der Waals surface area contributed by atoms with E-state index in [1.807, 2.05) is 27.7 Å². The zero-order valence-corrected chi connectivity index (χ0v) is 12.7. The minimum absolute atomic E-state index is 0.138. The molecule has 0 aromatic heterocycles. The third-order valence-corrected chi connectivity index (χ3v) is 2.43. The van der Waals surface area contributed by atoms with Crippen LogP contribution in [0.2, 0.25) is 0 Å². The molecule has 0 aromatic rings. The summed E-state index contributed by atoms with van der Waals surface area (Å²) in [4.78, 5) is 23.9. The first-order valence-electron chi connectivity index (χ1n) is 6.43. The molecule has 0 saturated heterocycles. The summed E-state index contributed by atoms with van der Waals surface area (Å²) < 4.78 is 5.24. The van der Waals surface area contributed by atoms with Crippen LogP contribution >= 0.6 is 0 Å². The van der Waals surface area contributed by atoms with Crippen LogP contribution in [0.5, 0.6) is 0 Å². The van der Waals surface area contributed by atoms with Gasteiger partial charge in [-0.2, -0.15) is 0 Å². The number of carbonyl (C=O) groups is 2. The second-order valence-electron chi connectivity index (χ2n) is 5.93. The Morgan fingerprint density at radius 3 is 2.26 bits per heavy atom. The Hall–Kier alpha value is -1.30. The summed E-state index contributed by atoms with van der Waals surface area (Å²) in [6.45, 7) is 10.0. The van der Waals surface area contributed by atoms with Crippen molar-refractivity contribution in [1.29, 1.82) is 0 Å². The molecule has 0 saturated carbocycles. The third-order valence-electron chi connectivity index (χ3n) is 2.43. The molecule has 0 aliphatic heterocycles. The third kappa shape index (κ3) is 8.42. The van der Waals surface area contributed by atoms with Gasteiger partial charge in [-0.3, -0.25) is 4.79 Å². The summed E-state index contributed by atoms with van der Waals surface area (Å²) >= 11 is 0. The Morgan fingerprint density at radius 2 is 1.84 bits per heavy atom. The highest BCUT2D eigenvalue weighted by molar-refractivity contribution is 5.72. The van der Waals surface area contributed by atoms with Gasteiger partial charge in [0.1, 0.15) is 11.6 Å². The predicted molar refractivity (Wildman–Crippen MR) is 73.1 cm³/mol. The number of ether oxygens (including phenoxy) is 1. The van der Waals surface area contributed by atoms with Crippen molar-refractivity contribution >= 4 is 12.1 Å². The number of carboxylic acid groups (broad SMARTS) is 1. The molecule has 19 heavy (non-hydrogen) atoms. The van der Waals surface area contributed by atoms with Gasteiger partial charge in [-0.15, -0.1) is 0 Å². The van der Waals surface area contributed by atoms with Crippen LogP contribution in [0.4, 0.5) is 4.79 Å². The van der Waals surface area contributed by atoms with Gasteiger partial charge >= 0.3 is 12.1 Å². The lowest BCUT2D eigenvalue weighted by atomic mass is 10.1. The van der Waals surface area contributed by atoms with E-state index in [1.165, 1.54) is 4.90 Å². The molecule has 112 valence electrons. The molecule has 6 nitrogen and oxygen atoms in total. The monoisotopic (exact) mass is 274 g/mol. The number of rotatable bonds is 6. The summed E-state index contributed by atoms with van der Waals surface area (Å²) in [7, 11) is 1.67. The minimum Gasteiger partial charge on any atom is -0.480 e. The Bertz CT molecular complexity index is 312. The van der Waals surface area contributed by atoms with Gasteiger partial charge in [-0.05, 0) is 33.6 Å². The Balaban J connectivity index is 4.08. The van der Waals surface area contributed by atoms with Crippen LogP contribution < -0.4 is 5.32 Å². The maximum Gasteiger partial charge on any atom is 0.410 e. The van der Waals surface area contributed by atoms with Gasteiger partial charge in [0.25, 0.3) is 0 Å². The molecule has 0 aromatic carbocycles. The largest absolute Gasteiger partial charge is 0.480 e. The second kappa shape index (κ2) is 7.33. The van der Waals surface area contributed by atoms with E-state index in [1.54, 1.807) is 14.0 Å². The Labute approximate surface area is 115 Å². The van der Waals surface area contributed by atoms with Crippen molar-refractivity contribution in [2.75, 3.05) is 20.1 Å². The standard InChI is InChI=1S/C13H26N2O4/c1-9(7-14-10(2)11(16)17)8-15(6)12(18)19-13(3,4)5/h9-10,14H,7-8H2,1-6H3,(H,16,17). The Morgan fingerprint density at radius 1 is 1.32 bits per heavy atom. The summed E-state index contributed by atoms with van der Waals surface area (Å²) in [5, 5.41) is 11.6. The highest BCUT2D eigenvalue weighted by atomic mass is 16.6. The van der Waals surface area contributed by atoms with Crippen molar-refractivity contribution in [3.8, 4) is 0 Å². The lowest BCUT2D eigenvalue weighted by Crippen LogP contribution is -2.41. The highest BCUT2D eigenvalue weighted by Gasteiger charge is 2.21. The van der Waals surface area contributed by atoms with Crippen LogP contribution in [0.3, 0.4) is 0 Å². The average Bonchev–Trinajstić information content (AvgIpc) is 2.23. The summed E-state index contributed by atoms with van der Waals surface area (Å²) in [6, 6.07) is -0.589. The topological polar surface area (TPSA) is 78.9 Å². The molecule has 0 rings (SSSR count). The fraction of sp³-hybridized carbons (Fsp3) is 0.846. The van der Waals surface area contributed by atoms with E-state index in [0.717, 1.165) is 0 Å². The van der Waals surface area contributed by atoms with Crippen LogP contribution in [0.15, 0.2) is 0 Å². The van der Waals surface area contributed by atoms with E-state index in [9.17, 15) is 9.59 Å². The van der Waals surface area contributed by atoms with Crippen molar-refractivity contribution in [1.82, 2.24) is 10.2 Å². The number of hydrogen-bond donors (Lipinski definition) is 2. The van der Waals surface area contributed by atoms with E-state index >= 15 is 0 Å². The molecule has 2 atom stereocenters. The normalized spacial score (nSPS) is 14.6. The SMILES string of the molecule is CC(CNC(C)C(=O)O)CN(C)C(=O)OC(C)(C)C. The second-order valence-corrected chi connectivity index (χ2v) is 5.93. The molecule has 0 heterocycles. The maximum absolute atomic E-state index is 11.7. The first kappa shape index (κ1) is 17.7. The van der Waals surface area contributed by atoms with Gasteiger partial charge in [0, 0.05) is 20.1 Å². The molecule has 1 amide bonds. The van der Waals surface area contributed by atoms with Crippen molar-refractivity contribution < 1.29 is 19.4 Å². The van der Waals surface area contributed by atoms with Crippen molar-refractivity contribution in [3.63, 3.8) is 0 Å². The van der Waals surface area contributed by atoms with E-state index in [-0.39, 0.29) is 12.0 Å². The van der Waals surface area contributed by atoms with Crippen molar-refractivity contribution in [2.45, 2.75) is 46.3 Å². The Kier molecular flexibility index (Phi) is 6.83. The van der Waals surface area contributed by atoms with Gasteiger partial charge in [-0.25, -0.2) is 4.79 Å². The van der Waals surface area contributed by atoms with Crippen molar-refractivity contribution in [3.05, 3.63) is 0 Å². The summed E-state index contributed by atoms with van der Waals surface area (Å²) in [6.07, 6.45) is -0.370. The predicted octanol–water partition coefficient (Wildman–Crippen LogP) is 1.55. The molecular weight excluding hydrogens is 248 g/mol. The molecule has 0 aliphatic carbocycles. The lowest BCUT2D eigenvalue weighted by molar-refractivity contribution is -0.139. The molecule has 0 aliphatic rings. The minimum atomic E-state index is -0.882. The van der Waals surface area contributed by atoms with Crippen LogP contribution in [0.1, 0.15) is 34.6 Å². The van der Waals surface area contributed by atoms with E-state index in [4.69, 9.17) is 9.84 Å². The fourth-order valence-corrected chi connectivity index (χ4v) is 1.41. The van der Waals surface area contributed by atoms with Crippen LogP contribution in [0, 0.1) is 5.92 Å². The van der Waals surface area contributed by atoms with Gasteiger partial charge in [-0.1, -0.05) is 6.92 Å². The maximum atomic E-state index is 11.7. The molecule has 2 unspecified atom stereocenters. The zero-order chi connectivity index (χ0) is 15.2. The summed E-state index contributed by atoms with van der Waals surface area (Å²) in [5.41, 5.74) is -0.509. The van der Waals surface area contributed by atoms with Crippen LogP contribution in [-0.4, -0.2) is 53.8 Å². The molecule has 0 fully saturated rings. The number of carboxylic acids is 1. The number of nitrogens with zero attached hydrogens (tertiary/aromatic N) is 1. The molecule has 0 spiro atoms. The first-order valence-corrected chi connectivity index (χ1v) is 6.43. The molecule has 2 N–H and O–H groups in total. The van der Waals surface area contributed by atoms with Gasteiger partial charge < -0.3 is 20.1 Å². The van der Waals surface area contributed by atoms with E-state index < -0.39 is 17.6 Å². The quantitative estimate of drug-likeness (QED) is 0.768. The molecule has 6 heteroatoms. The first-order chi connectivity index (χ1) is 8.53. The number of amides is 1. The zero-order valence-electron chi connectivity index (χ0n) is 12.7. The number of carbonyl (C=O) groups excluding carboxylic acids is 1. The number of nitrogens with one attached hydrogen (secondary N) is 1. The number of aliphatic carboxylic acids is 1. The lowest BCUT2D eigenvalue weighted by Gasteiger charge is -2.26. The van der Waals surface area contributed by atoms with Crippen LogP contribution in [0.25, 0.3) is 0 Å². The van der Waals surface area contributed by atoms with E-state index in [2.05, 4.69) is 5.32 Å². The molecule has 0 bridgehead atoms. The average molecular weight is 274 g/mol.